The number of aromatic hydroxyl groups is 1. The van der Waals surface area contributed by atoms with Crippen molar-refractivity contribution in [2.45, 2.75) is 25.6 Å². The Balaban J connectivity index is 1.85. The second-order valence-corrected chi connectivity index (χ2v) is 10.0. The number of carbonyl (C=O) groups excluding carboxylic acids is 1. The van der Waals surface area contributed by atoms with Crippen molar-refractivity contribution < 1.29 is 23.6 Å². The molecule has 3 heterocycles. The minimum atomic E-state index is -2.48. The molecule has 2 aliphatic rings. The second-order valence-electron chi connectivity index (χ2n) is 7.11. The van der Waals surface area contributed by atoms with Crippen LogP contribution in [-0.4, -0.2) is 49.6 Å². The van der Waals surface area contributed by atoms with Crippen molar-refractivity contribution in [2.24, 2.45) is 11.4 Å². The van der Waals surface area contributed by atoms with Gasteiger partial charge in [-0.25, -0.2) is 8.89 Å². The number of aromatic nitrogens is 2. The van der Waals surface area contributed by atoms with Gasteiger partial charge in [-0.2, -0.15) is 9.46 Å². The normalized spacial score (nSPS) is 19.4. The quantitative estimate of drug-likeness (QED) is 0.733. The lowest BCUT2D eigenvalue weighted by Crippen LogP contribution is -2.16. The molecule has 1 aromatic carbocycles. The van der Waals surface area contributed by atoms with E-state index in [1.54, 1.807) is 12.1 Å². The molecule has 156 valence electrons. The fraction of sp³-hybridized carbons (Fsp3) is 0.474. The van der Waals surface area contributed by atoms with E-state index < -0.39 is 21.8 Å². The number of ether oxygens (including phenoxy) is 2. The monoisotopic (exact) mass is 439 g/mol. The maximum Gasteiger partial charge on any atom is 0.220 e. The second kappa shape index (κ2) is 8.06. The highest BCUT2D eigenvalue weighted by molar-refractivity contribution is 7.93. The Kier molecular flexibility index (Phi) is 5.65. The number of halogens is 1. The van der Waals surface area contributed by atoms with Gasteiger partial charge in [0.1, 0.15) is 11.3 Å². The van der Waals surface area contributed by atoms with Gasteiger partial charge in [0.2, 0.25) is 11.7 Å². The summed E-state index contributed by atoms with van der Waals surface area (Å²) in [6.07, 6.45) is 3.32. The molecular formula is C19H22ClN3O5S. The molecule has 0 bridgehead atoms. The molecule has 0 aliphatic carbocycles. The van der Waals surface area contributed by atoms with Gasteiger partial charge in [0.25, 0.3) is 0 Å². The molecule has 0 atom stereocenters. The molecule has 2 aliphatic heterocycles. The maximum atomic E-state index is 13.3. The molecule has 10 heteroatoms. The molecule has 0 unspecified atom stereocenters. The Labute approximate surface area is 173 Å². The Morgan fingerprint density at radius 1 is 1.24 bits per heavy atom. The van der Waals surface area contributed by atoms with Crippen LogP contribution in [0.15, 0.2) is 22.7 Å². The number of benzene rings is 1. The zero-order valence-electron chi connectivity index (χ0n) is 16.0. The lowest BCUT2D eigenvalue weighted by molar-refractivity contribution is -0.0436. The summed E-state index contributed by atoms with van der Waals surface area (Å²) in [7, 11) is -0.949. The first kappa shape index (κ1) is 20.3. The van der Waals surface area contributed by atoms with Crippen molar-refractivity contribution in [3.8, 4) is 5.88 Å². The molecule has 2 saturated heterocycles. The molecule has 2 aromatic rings. The molecule has 1 aromatic heterocycles. The summed E-state index contributed by atoms with van der Waals surface area (Å²) >= 11 is 6.62. The number of nitrogens with zero attached hydrogens (tertiary/aromatic N) is 3. The molecule has 2 fully saturated rings. The first-order chi connectivity index (χ1) is 13.9. The highest BCUT2D eigenvalue weighted by Crippen LogP contribution is 2.41. The Morgan fingerprint density at radius 3 is 2.55 bits per heavy atom. The summed E-state index contributed by atoms with van der Waals surface area (Å²) in [5.74, 6) is 0.248. The van der Waals surface area contributed by atoms with Gasteiger partial charge in [0.05, 0.1) is 34.2 Å². The van der Waals surface area contributed by atoms with Crippen molar-refractivity contribution >= 4 is 32.8 Å². The minimum absolute atomic E-state index is 0.0308. The average Bonchev–Trinajstić information content (AvgIpc) is 3.34. The zero-order valence-corrected chi connectivity index (χ0v) is 17.5. The van der Waals surface area contributed by atoms with E-state index in [-0.39, 0.29) is 27.7 Å². The van der Waals surface area contributed by atoms with Crippen LogP contribution < -0.4 is 0 Å². The molecule has 8 nitrogen and oxygen atoms in total. The molecule has 29 heavy (non-hydrogen) atoms. The van der Waals surface area contributed by atoms with Gasteiger partial charge in [-0.05, 0) is 18.9 Å². The van der Waals surface area contributed by atoms with E-state index in [1.807, 2.05) is 0 Å². The minimum Gasteiger partial charge on any atom is -0.493 e. The topological polar surface area (TPSA) is 103 Å². The summed E-state index contributed by atoms with van der Waals surface area (Å²) in [6.45, 7) is 0.864. The van der Waals surface area contributed by atoms with Crippen molar-refractivity contribution in [2.75, 3.05) is 24.7 Å². The molecular weight excluding hydrogens is 418 g/mol. The van der Waals surface area contributed by atoms with Crippen molar-refractivity contribution in [1.82, 2.24) is 9.78 Å². The fourth-order valence-electron chi connectivity index (χ4n) is 3.50. The van der Waals surface area contributed by atoms with Crippen LogP contribution in [0.25, 0.3) is 0 Å². The summed E-state index contributed by atoms with van der Waals surface area (Å²) in [5.41, 5.74) is 0.991. The standard InChI is InChI=1S/C19H22ClN3O5S/c1-23-18(25)14(11-21-23)17(24)12-5-6-13(19-27-7-8-28-19)16(15(12)20)22-29(26)9-3-2-4-10-29/h5-6,11,19,25H,2-4,7-10H2,1H3. The molecule has 0 amide bonds. The van der Waals surface area contributed by atoms with Crippen molar-refractivity contribution in [3.63, 3.8) is 0 Å². The van der Waals surface area contributed by atoms with E-state index in [1.165, 1.54) is 17.9 Å². The first-order valence-electron chi connectivity index (χ1n) is 9.43. The molecule has 4 rings (SSSR count). The summed E-state index contributed by atoms with van der Waals surface area (Å²) < 4.78 is 30.2. The van der Waals surface area contributed by atoms with E-state index in [4.69, 9.17) is 21.1 Å². The van der Waals surface area contributed by atoms with Gasteiger partial charge in [0.15, 0.2) is 6.29 Å². The third-order valence-electron chi connectivity index (χ3n) is 5.10. The molecule has 0 radical (unpaired) electrons. The lowest BCUT2D eigenvalue weighted by Gasteiger charge is -2.19. The number of hydrogen-bond donors (Lipinski definition) is 1. The van der Waals surface area contributed by atoms with E-state index >= 15 is 0 Å². The number of carbonyl (C=O) groups is 1. The van der Waals surface area contributed by atoms with Crippen molar-refractivity contribution in [1.29, 1.82) is 0 Å². The SMILES string of the molecule is Cn1ncc(C(=O)c2ccc(C3OCCO3)c(N=S3(=O)CCCCC3)c2Cl)c1O. The highest BCUT2D eigenvalue weighted by Gasteiger charge is 2.28. The lowest BCUT2D eigenvalue weighted by atomic mass is 10.0. The van der Waals surface area contributed by atoms with Crippen LogP contribution in [0, 0.1) is 0 Å². The van der Waals surface area contributed by atoms with Crippen molar-refractivity contribution in [3.05, 3.63) is 40.0 Å². The van der Waals surface area contributed by atoms with E-state index in [2.05, 4.69) is 9.46 Å². The van der Waals surface area contributed by atoms with Crippen LogP contribution in [0.3, 0.4) is 0 Å². The van der Waals surface area contributed by atoms with Crippen LogP contribution >= 0.6 is 11.6 Å². The zero-order chi connectivity index (χ0) is 20.6. The first-order valence-corrected chi connectivity index (χ1v) is 11.7. The van der Waals surface area contributed by atoms with Gasteiger partial charge in [-0.1, -0.05) is 24.1 Å². The smallest absolute Gasteiger partial charge is 0.220 e. The van der Waals surface area contributed by atoms with Gasteiger partial charge in [0, 0.05) is 29.7 Å². The fourth-order valence-corrected chi connectivity index (χ4v) is 6.08. The summed E-state index contributed by atoms with van der Waals surface area (Å²) in [6, 6.07) is 3.21. The summed E-state index contributed by atoms with van der Waals surface area (Å²) in [4.78, 5) is 13.0. The Bertz CT molecular complexity index is 1060. The van der Waals surface area contributed by atoms with Gasteiger partial charge in [-0.15, -0.1) is 0 Å². The van der Waals surface area contributed by atoms with E-state index in [0.29, 0.717) is 30.3 Å². The third-order valence-corrected chi connectivity index (χ3v) is 7.86. The number of aryl methyl sites for hydroxylation is 1. The number of rotatable bonds is 4. The Hall–Kier alpha value is -1.94. The van der Waals surface area contributed by atoms with Crippen LogP contribution in [0.4, 0.5) is 5.69 Å². The molecule has 0 spiro atoms. The predicted molar refractivity (Wildman–Crippen MR) is 108 cm³/mol. The third kappa shape index (κ3) is 3.92. The average molecular weight is 440 g/mol. The number of hydrogen-bond acceptors (Lipinski definition) is 7. The molecule has 1 N–H and O–H groups in total. The largest absolute Gasteiger partial charge is 0.493 e. The number of ketones is 1. The van der Waals surface area contributed by atoms with Crippen LogP contribution in [0.2, 0.25) is 5.02 Å². The van der Waals surface area contributed by atoms with Crippen LogP contribution in [-0.2, 0) is 26.3 Å². The maximum absolute atomic E-state index is 13.3. The predicted octanol–water partition coefficient (Wildman–Crippen LogP) is 3.34. The highest BCUT2D eigenvalue weighted by atomic mass is 35.5. The van der Waals surface area contributed by atoms with Crippen LogP contribution in [0.1, 0.15) is 47.0 Å². The molecule has 0 saturated carbocycles. The van der Waals surface area contributed by atoms with Gasteiger partial charge < -0.3 is 14.6 Å². The summed E-state index contributed by atoms with van der Waals surface area (Å²) in [5, 5.41) is 14.1. The van der Waals surface area contributed by atoms with E-state index in [0.717, 1.165) is 19.3 Å². The van der Waals surface area contributed by atoms with E-state index in [9.17, 15) is 14.1 Å². The van der Waals surface area contributed by atoms with Gasteiger partial charge >= 0.3 is 0 Å². The Morgan fingerprint density at radius 2 is 1.93 bits per heavy atom. The van der Waals surface area contributed by atoms with Gasteiger partial charge in [-0.3, -0.25) is 4.79 Å². The van der Waals surface area contributed by atoms with Crippen LogP contribution in [0.5, 0.6) is 5.88 Å².